The van der Waals surface area contributed by atoms with Gasteiger partial charge >= 0.3 is 0 Å². The second-order valence-corrected chi connectivity index (χ2v) is 8.62. The third kappa shape index (κ3) is 4.14. The van der Waals surface area contributed by atoms with Crippen LogP contribution in [0.4, 0.5) is 9.39 Å². The van der Waals surface area contributed by atoms with E-state index in [2.05, 4.69) is 15.3 Å². The number of nitrogens with zero attached hydrogens (tertiary/aromatic N) is 2. The van der Waals surface area contributed by atoms with Gasteiger partial charge in [-0.1, -0.05) is 23.9 Å². The van der Waals surface area contributed by atoms with Crippen molar-refractivity contribution < 1.29 is 14.0 Å². The molecule has 0 spiro atoms. The van der Waals surface area contributed by atoms with Gasteiger partial charge in [0.15, 0.2) is 0 Å². The van der Waals surface area contributed by atoms with Gasteiger partial charge < -0.3 is 11.1 Å². The summed E-state index contributed by atoms with van der Waals surface area (Å²) >= 11 is 3.97. The van der Waals surface area contributed by atoms with Crippen LogP contribution in [-0.2, 0) is 4.79 Å². The number of amides is 2. The summed E-state index contributed by atoms with van der Waals surface area (Å²) in [4.78, 5) is 33.2. The minimum absolute atomic E-state index is 0.0981. The van der Waals surface area contributed by atoms with Crippen molar-refractivity contribution in [3.05, 3.63) is 58.8 Å². The van der Waals surface area contributed by atoms with Crippen molar-refractivity contribution in [1.82, 2.24) is 9.97 Å². The molecule has 1 aromatic carbocycles. The highest BCUT2D eigenvalue weighted by atomic mass is 32.2. The van der Waals surface area contributed by atoms with Crippen molar-refractivity contribution in [3.63, 3.8) is 0 Å². The lowest BCUT2D eigenvalue weighted by molar-refractivity contribution is -0.113. The summed E-state index contributed by atoms with van der Waals surface area (Å²) < 4.78 is 13.3. The summed E-state index contributed by atoms with van der Waals surface area (Å²) in [6.07, 6.45) is 1.46. The maximum Gasteiger partial charge on any atom is 0.251 e. The van der Waals surface area contributed by atoms with Gasteiger partial charge in [0.2, 0.25) is 5.91 Å². The van der Waals surface area contributed by atoms with Crippen LogP contribution in [0.3, 0.4) is 0 Å². The van der Waals surface area contributed by atoms with Crippen molar-refractivity contribution in [2.24, 2.45) is 5.73 Å². The molecule has 0 saturated carbocycles. The Morgan fingerprint density at radius 2 is 1.93 bits per heavy atom. The normalized spacial score (nSPS) is 10.9. The molecule has 4 rings (SSSR count). The first kappa shape index (κ1) is 19.5. The number of primary amides is 1. The van der Waals surface area contributed by atoms with Crippen molar-refractivity contribution >= 4 is 61.5 Å². The third-order valence-electron chi connectivity index (χ3n) is 4.01. The van der Waals surface area contributed by atoms with Crippen LogP contribution < -0.4 is 11.1 Å². The molecule has 0 aliphatic rings. The van der Waals surface area contributed by atoms with Crippen molar-refractivity contribution in [2.75, 3.05) is 11.1 Å². The topological polar surface area (TPSA) is 98.0 Å². The predicted octanol–water partition coefficient (Wildman–Crippen LogP) is 4.39. The minimum Gasteiger partial charge on any atom is -0.366 e. The quantitative estimate of drug-likeness (QED) is 0.340. The maximum absolute atomic E-state index is 13.3. The number of nitrogens with one attached hydrogen (secondary N) is 1. The number of rotatable bonds is 6. The number of aromatic nitrogens is 2. The van der Waals surface area contributed by atoms with E-state index >= 15 is 0 Å². The Labute approximate surface area is 177 Å². The van der Waals surface area contributed by atoms with E-state index in [0.29, 0.717) is 10.0 Å². The van der Waals surface area contributed by atoms with Crippen LogP contribution >= 0.6 is 34.4 Å². The van der Waals surface area contributed by atoms with Gasteiger partial charge in [-0.05, 0) is 29.1 Å². The summed E-state index contributed by atoms with van der Waals surface area (Å²) in [7, 11) is 0. The molecule has 0 saturated heterocycles. The Morgan fingerprint density at radius 1 is 1.14 bits per heavy atom. The number of nitrogens with two attached hydrogens (primary N) is 1. The average molecular weight is 445 g/mol. The van der Waals surface area contributed by atoms with E-state index in [9.17, 15) is 14.0 Å². The number of thiophene rings is 2. The molecule has 4 aromatic rings. The number of carbonyl (C=O) groups excluding carboxylic acids is 2. The molecule has 0 unspecified atom stereocenters. The molecule has 0 aliphatic heterocycles. The monoisotopic (exact) mass is 444 g/mol. The van der Waals surface area contributed by atoms with Crippen LogP contribution in [0.15, 0.2) is 52.4 Å². The molecular weight excluding hydrogens is 431 g/mol. The molecule has 2 amide bonds. The van der Waals surface area contributed by atoms with Crippen LogP contribution in [0.1, 0.15) is 10.4 Å². The average Bonchev–Trinajstić information content (AvgIpc) is 3.34. The predicted molar refractivity (Wildman–Crippen MR) is 115 cm³/mol. The smallest absolute Gasteiger partial charge is 0.251 e. The summed E-state index contributed by atoms with van der Waals surface area (Å²) in [5, 5.41) is 8.27. The second kappa shape index (κ2) is 8.27. The summed E-state index contributed by atoms with van der Waals surface area (Å²) in [5.74, 6) is -1.07. The first-order valence-corrected chi connectivity index (χ1v) is 11.1. The van der Waals surface area contributed by atoms with Crippen molar-refractivity contribution in [2.45, 2.75) is 5.03 Å². The van der Waals surface area contributed by atoms with Crippen LogP contribution in [-0.4, -0.2) is 27.5 Å². The first-order valence-electron chi connectivity index (χ1n) is 8.31. The SMILES string of the molecule is NC(=O)c1ccsc1NC(=O)CSc1ncnc2scc(-c3ccc(F)cc3)c12. The van der Waals surface area contributed by atoms with Crippen LogP contribution in [0.5, 0.6) is 0 Å². The molecule has 0 bridgehead atoms. The van der Waals surface area contributed by atoms with E-state index in [0.717, 1.165) is 21.3 Å². The standard InChI is InChI=1S/C19H13FN4O2S3/c20-11-3-1-10(2-4-11)13-7-28-18-15(13)19(23-9-22-18)29-8-14(25)24-17-12(16(21)26)5-6-27-17/h1-7,9H,8H2,(H2,21,26)(H,24,25). The molecule has 10 heteroatoms. The zero-order valence-electron chi connectivity index (χ0n) is 14.7. The van der Waals surface area contributed by atoms with E-state index in [4.69, 9.17) is 5.73 Å². The zero-order chi connectivity index (χ0) is 20.4. The zero-order valence-corrected chi connectivity index (χ0v) is 17.2. The van der Waals surface area contributed by atoms with Crippen molar-refractivity contribution in [3.8, 4) is 11.1 Å². The fraction of sp³-hybridized carbons (Fsp3) is 0.0526. The number of anilines is 1. The van der Waals surface area contributed by atoms with Gasteiger partial charge in [-0.25, -0.2) is 14.4 Å². The molecule has 0 atom stereocenters. The molecule has 29 heavy (non-hydrogen) atoms. The summed E-state index contributed by atoms with van der Waals surface area (Å²) in [6.45, 7) is 0. The van der Waals surface area contributed by atoms with Crippen LogP contribution in [0, 0.1) is 5.82 Å². The van der Waals surface area contributed by atoms with Gasteiger partial charge in [-0.2, -0.15) is 0 Å². The van der Waals surface area contributed by atoms with Crippen LogP contribution in [0.2, 0.25) is 0 Å². The summed E-state index contributed by atoms with van der Waals surface area (Å²) in [6, 6.07) is 7.78. The molecule has 0 radical (unpaired) electrons. The van der Waals surface area contributed by atoms with E-state index in [1.807, 2.05) is 5.38 Å². The Hall–Kier alpha value is -2.82. The molecule has 3 aromatic heterocycles. The third-order valence-corrected chi connectivity index (χ3v) is 6.72. The highest BCUT2D eigenvalue weighted by molar-refractivity contribution is 8.00. The maximum atomic E-state index is 13.3. The number of hydrogen-bond acceptors (Lipinski definition) is 7. The molecule has 6 nitrogen and oxygen atoms in total. The van der Waals surface area contributed by atoms with Gasteiger partial charge in [0.05, 0.1) is 16.7 Å². The van der Waals surface area contributed by atoms with Gasteiger partial charge in [-0.3, -0.25) is 9.59 Å². The Morgan fingerprint density at radius 3 is 2.69 bits per heavy atom. The number of fused-ring (bicyclic) bond motifs is 1. The molecule has 0 fully saturated rings. The van der Waals surface area contributed by atoms with Crippen molar-refractivity contribution in [1.29, 1.82) is 0 Å². The minimum atomic E-state index is -0.589. The van der Waals surface area contributed by atoms with E-state index < -0.39 is 5.91 Å². The van der Waals surface area contributed by atoms with Gasteiger partial charge in [0.25, 0.3) is 5.91 Å². The molecule has 3 N–H and O–H groups in total. The van der Waals surface area contributed by atoms with Gasteiger partial charge in [-0.15, -0.1) is 22.7 Å². The largest absolute Gasteiger partial charge is 0.366 e. The Balaban J connectivity index is 1.56. The number of benzene rings is 1. The fourth-order valence-electron chi connectivity index (χ4n) is 2.70. The number of thioether (sulfide) groups is 1. The van der Waals surface area contributed by atoms with E-state index in [-0.39, 0.29) is 23.0 Å². The van der Waals surface area contributed by atoms with E-state index in [1.54, 1.807) is 23.6 Å². The van der Waals surface area contributed by atoms with Gasteiger partial charge in [0, 0.05) is 10.9 Å². The van der Waals surface area contributed by atoms with Gasteiger partial charge in [0.1, 0.15) is 27.0 Å². The van der Waals surface area contributed by atoms with Crippen LogP contribution in [0.25, 0.3) is 21.3 Å². The highest BCUT2D eigenvalue weighted by Crippen LogP contribution is 2.38. The number of halogens is 1. The second-order valence-electron chi connectivity index (χ2n) is 5.88. The highest BCUT2D eigenvalue weighted by Gasteiger charge is 2.16. The van der Waals surface area contributed by atoms with E-state index in [1.165, 1.54) is 52.9 Å². The lowest BCUT2D eigenvalue weighted by Crippen LogP contribution is -2.17. The molecular formula is C19H13FN4O2S3. The first-order chi connectivity index (χ1) is 14.0. The lowest BCUT2D eigenvalue weighted by atomic mass is 10.1. The number of carbonyl (C=O) groups is 2. The lowest BCUT2D eigenvalue weighted by Gasteiger charge is -2.06. The molecule has 146 valence electrons. The molecule has 0 aliphatic carbocycles. The molecule has 3 heterocycles. The Bertz CT molecular complexity index is 1200. The Kier molecular flexibility index (Phi) is 5.56. The summed E-state index contributed by atoms with van der Waals surface area (Å²) in [5.41, 5.74) is 7.33. The fourth-order valence-corrected chi connectivity index (χ4v) is 5.30. The number of hydrogen-bond donors (Lipinski definition) is 2.